The monoisotopic (exact) mass is 259 g/mol. The van der Waals surface area contributed by atoms with Crippen molar-refractivity contribution in [2.45, 2.75) is 46.6 Å². The summed E-state index contributed by atoms with van der Waals surface area (Å²) in [5.41, 5.74) is 3.80. The summed E-state index contributed by atoms with van der Waals surface area (Å²) in [7, 11) is 0. The van der Waals surface area contributed by atoms with Crippen molar-refractivity contribution < 1.29 is 9.90 Å². The minimum absolute atomic E-state index is 0.408. The molecule has 0 aliphatic heterocycles. The summed E-state index contributed by atoms with van der Waals surface area (Å²) < 4.78 is 2.13. The van der Waals surface area contributed by atoms with Crippen LogP contribution in [0.15, 0.2) is 18.2 Å². The fourth-order valence-corrected chi connectivity index (χ4v) is 2.84. The molecule has 1 aromatic heterocycles. The largest absolute Gasteiger partial charge is 0.478 e. The smallest absolute Gasteiger partial charge is 0.337 e. The summed E-state index contributed by atoms with van der Waals surface area (Å²) in [6.07, 6.45) is 3.31. The molecule has 3 heteroatoms. The summed E-state index contributed by atoms with van der Waals surface area (Å²) in [5.74, 6) is -0.847. The van der Waals surface area contributed by atoms with Gasteiger partial charge in [0.05, 0.1) is 11.1 Å². The molecule has 0 saturated heterocycles. The summed E-state index contributed by atoms with van der Waals surface area (Å²) in [6, 6.07) is 5.59. The highest BCUT2D eigenvalue weighted by Gasteiger charge is 2.18. The van der Waals surface area contributed by atoms with Crippen molar-refractivity contribution >= 4 is 16.9 Å². The molecule has 0 atom stereocenters. The number of aromatic nitrogens is 1. The molecule has 0 fully saturated rings. The summed E-state index contributed by atoms with van der Waals surface area (Å²) >= 11 is 0. The molecule has 1 aromatic carbocycles. The van der Waals surface area contributed by atoms with E-state index in [9.17, 15) is 9.90 Å². The Morgan fingerprint density at radius 2 is 2.05 bits per heavy atom. The van der Waals surface area contributed by atoms with E-state index in [0.29, 0.717) is 5.56 Å². The third-order valence-electron chi connectivity index (χ3n) is 3.80. The number of fused-ring (bicyclic) bond motifs is 1. The first-order valence-corrected chi connectivity index (χ1v) is 6.95. The molecule has 2 rings (SSSR count). The van der Waals surface area contributed by atoms with Gasteiger partial charge in [-0.25, -0.2) is 4.79 Å². The van der Waals surface area contributed by atoms with Gasteiger partial charge in [0.15, 0.2) is 0 Å². The van der Waals surface area contributed by atoms with E-state index in [4.69, 9.17) is 0 Å². The van der Waals surface area contributed by atoms with Crippen LogP contribution in [-0.2, 0) is 13.0 Å². The highest BCUT2D eigenvalue weighted by molar-refractivity contribution is 6.03. The highest BCUT2D eigenvalue weighted by Crippen LogP contribution is 2.30. The van der Waals surface area contributed by atoms with Crippen LogP contribution in [0.5, 0.6) is 0 Å². The van der Waals surface area contributed by atoms with E-state index >= 15 is 0 Å². The number of unbranched alkanes of at least 4 members (excludes halogenated alkanes) is 1. The van der Waals surface area contributed by atoms with Crippen LogP contribution in [0.1, 0.15) is 48.3 Å². The molecular formula is C16H21NO2. The molecule has 0 unspecified atom stereocenters. The van der Waals surface area contributed by atoms with Gasteiger partial charge in [-0.3, -0.25) is 0 Å². The van der Waals surface area contributed by atoms with Crippen LogP contribution >= 0.6 is 0 Å². The lowest BCUT2D eigenvalue weighted by molar-refractivity contribution is 0.0698. The molecule has 0 radical (unpaired) electrons. The van der Waals surface area contributed by atoms with Gasteiger partial charge in [0.2, 0.25) is 0 Å². The molecule has 0 spiro atoms. The van der Waals surface area contributed by atoms with Crippen molar-refractivity contribution in [3.8, 4) is 0 Å². The number of carboxylic acid groups (broad SMARTS) is 1. The molecule has 3 nitrogen and oxygen atoms in total. The van der Waals surface area contributed by atoms with Gasteiger partial charge in [0.1, 0.15) is 0 Å². The van der Waals surface area contributed by atoms with Crippen LogP contribution in [0.3, 0.4) is 0 Å². The maximum atomic E-state index is 11.4. The van der Waals surface area contributed by atoms with E-state index in [1.54, 1.807) is 6.07 Å². The number of carboxylic acids is 1. The predicted molar refractivity (Wildman–Crippen MR) is 77.9 cm³/mol. The zero-order valence-corrected chi connectivity index (χ0v) is 11.9. The number of aryl methyl sites for hydroxylation is 2. The number of nitrogens with zero attached hydrogens (tertiary/aromatic N) is 1. The molecular weight excluding hydrogens is 238 g/mol. The minimum atomic E-state index is -0.847. The van der Waals surface area contributed by atoms with Crippen LogP contribution in [0.4, 0.5) is 0 Å². The first-order chi connectivity index (χ1) is 9.11. The average Bonchev–Trinajstić information content (AvgIpc) is 2.67. The number of hydrogen-bond acceptors (Lipinski definition) is 1. The number of carbonyl (C=O) groups is 1. The van der Waals surface area contributed by atoms with Crippen molar-refractivity contribution in [1.82, 2.24) is 4.57 Å². The quantitative estimate of drug-likeness (QED) is 0.881. The number of benzene rings is 1. The van der Waals surface area contributed by atoms with E-state index in [0.717, 1.165) is 36.7 Å². The average molecular weight is 259 g/mol. The van der Waals surface area contributed by atoms with E-state index < -0.39 is 5.97 Å². The highest BCUT2D eigenvalue weighted by atomic mass is 16.4. The molecule has 0 amide bonds. The Morgan fingerprint density at radius 1 is 1.32 bits per heavy atom. The summed E-state index contributed by atoms with van der Waals surface area (Å²) in [6.45, 7) is 7.14. The van der Waals surface area contributed by atoms with Crippen molar-refractivity contribution in [2.24, 2.45) is 0 Å². The van der Waals surface area contributed by atoms with Crippen molar-refractivity contribution in [2.75, 3.05) is 0 Å². The first-order valence-electron chi connectivity index (χ1n) is 6.95. The summed E-state index contributed by atoms with van der Waals surface area (Å²) in [4.78, 5) is 11.4. The molecule has 0 aliphatic carbocycles. The zero-order chi connectivity index (χ0) is 14.0. The number of hydrogen-bond donors (Lipinski definition) is 1. The summed E-state index contributed by atoms with van der Waals surface area (Å²) in [5, 5.41) is 10.5. The Labute approximate surface area is 113 Å². The standard InChI is InChI=1S/C16H21NO2/c1-4-6-8-12-11(3)17(5-2)15-13(12)9-7-10-14(15)16(18)19/h7,9-10H,4-6,8H2,1-3H3,(H,18,19). The van der Waals surface area contributed by atoms with Gasteiger partial charge < -0.3 is 9.67 Å². The van der Waals surface area contributed by atoms with Gasteiger partial charge in [-0.1, -0.05) is 25.5 Å². The normalized spacial score (nSPS) is 11.1. The maximum Gasteiger partial charge on any atom is 0.337 e. The Bertz CT molecular complexity index is 611. The van der Waals surface area contributed by atoms with Crippen LogP contribution in [0.2, 0.25) is 0 Å². The van der Waals surface area contributed by atoms with E-state index in [1.807, 2.05) is 12.1 Å². The van der Waals surface area contributed by atoms with Gasteiger partial charge in [0.25, 0.3) is 0 Å². The lowest BCUT2D eigenvalue weighted by atomic mass is 10.0. The SMILES string of the molecule is CCCCc1c(C)n(CC)c2c(C(=O)O)cccc12. The van der Waals surface area contributed by atoms with Crippen LogP contribution in [0.25, 0.3) is 10.9 Å². The van der Waals surface area contributed by atoms with Crippen LogP contribution in [-0.4, -0.2) is 15.6 Å². The Balaban J connectivity index is 2.74. The molecule has 0 aliphatic rings. The Hall–Kier alpha value is -1.77. The van der Waals surface area contributed by atoms with E-state index in [-0.39, 0.29) is 0 Å². The van der Waals surface area contributed by atoms with Gasteiger partial charge in [-0.05, 0) is 38.3 Å². The number of aromatic carboxylic acids is 1. The van der Waals surface area contributed by atoms with Crippen molar-refractivity contribution in [1.29, 1.82) is 0 Å². The minimum Gasteiger partial charge on any atom is -0.478 e. The van der Waals surface area contributed by atoms with Gasteiger partial charge in [-0.2, -0.15) is 0 Å². The molecule has 2 aromatic rings. The molecule has 1 N–H and O–H groups in total. The zero-order valence-electron chi connectivity index (χ0n) is 11.9. The van der Waals surface area contributed by atoms with E-state index in [2.05, 4.69) is 25.3 Å². The molecule has 0 bridgehead atoms. The second kappa shape index (κ2) is 5.47. The molecule has 1 heterocycles. The molecule has 102 valence electrons. The maximum absolute atomic E-state index is 11.4. The number of rotatable bonds is 5. The third kappa shape index (κ3) is 2.25. The lowest BCUT2D eigenvalue weighted by Gasteiger charge is -2.06. The Kier molecular flexibility index (Phi) is 3.93. The molecule has 0 saturated carbocycles. The van der Waals surface area contributed by atoms with Gasteiger partial charge in [0, 0.05) is 17.6 Å². The van der Waals surface area contributed by atoms with Gasteiger partial charge in [-0.15, -0.1) is 0 Å². The topological polar surface area (TPSA) is 42.2 Å². The fourth-order valence-electron chi connectivity index (χ4n) is 2.84. The molecule has 19 heavy (non-hydrogen) atoms. The van der Waals surface area contributed by atoms with Gasteiger partial charge >= 0.3 is 5.97 Å². The van der Waals surface area contributed by atoms with E-state index in [1.165, 1.54) is 11.3 Å². The predicted octanol–water partition coefficient (Wildman–Crippen LogP) is 4.01. The van der Waals surface area contributed by atoms with Crippen LogP contribution < -0.4 is 0 Å². The van der Waals surface area contributed by atoms with Crippen LogP contribution in [0, 0.1) is 6.92 Å². The third-order valence-corrected chi connectivity index (χ3v) is 3.80. The van der Waals surface area contributed by atoms with Crippen molar-refractivity contribution in [3.05, 3.63) is 35.0 Å². The lowest BCUT2D eigenvalue weighted by Crippen LogP contribution is -2.03. The number of para-hydroxylation sites is 1. The fraction of sp³-hybridized carbons (Fsp3) is 0.438. The Morgan fingerprint density at radius 3 is 2.63 bits per heavy atom. The second-order valence-corrected chi connectivity index (χ2v) is 4.92. The van der Waals surface area contributed by atoms with Crippen molar-refractivity contribution in [3.63, 3.8) is 0 Å². The second-order valence-electron chi connectivity index (χ2n) is 4.92. The first kappa shape index (κ1) is 13.7.